The largest absolute Gasteiger partial charge is 0.342 e. The van der Waals surface area contributed by atoms with Crippen molar-refractivity contribution in [2.45, 2.75) is 38.4 Å². The number of aromatic nitrogens is 3. The molecular formula is C18H23ClN4OS. The Morgan fingerprint density at radius 1 is 1.32 bits per heavy atom. The molecule has 1 atom stereocenters. The van der Waals surface area contributed by atoms with Crippen molar-refractivity contribution < 1.29 is 4.79 Å². The lowest BCUT2D eigenvalue weighted by Crippen LogP contribution is -2.40. The summed E-state index contributed by atoms with van der Waals surface area (Å²) < 4.78 is 2.04. The van der Waals surface area contributed by atoms with Crippen LogP contribution in [0.3, 0.4) is 0 Å². The van der Waals surface area contributed by atoms with E-state index in [0.29, 0.717) is 16.7 Å². The topological polar surface area (TPSA) is 51.0 Å². The van der Waals surface area contributed by atoms with Crippen LogP contribution >= 0.6 is 23.4 Å². The lowest BCUT2D eigenvalue weighted by Gasteiger charge is -2.30. The van der Waals surface area contributed by atoms with Crippen molar-refractivity contribution >= 4 is 29.3 Å². The summed E-state index contributed by atoms with van der Waals surface area (Å²) >= 11 is 7.42. The first-order chi connectivity index (χ1) is 12.1. The highest BCUT2D eigenvalue weighted by Crippen LogP contribution is 2.26. The van der Waals surface area contributed by atoms with E-state index in [4.69, 9.17) is 11.6 Å². The van der Waals surface area contributed by atoms with Crippen molar-refractivity contribution in [2.75, 3.05) is 18.8 Å². The van der Waals surface area contributed by atoms with Crippen molar-refractivity contribution in [3.8, 4) is 11.4 Å². The predicted octanol–water partition coefficient (Wildman–Crippen LogP) is 3.97. The lowest BCUT2D eigenvalue weighted by atomic mass is 10.0. The second-order valence-corrected chi connectivity index (χ2v) is 7.81. The zero-order valence-corrected chi connectivity index (χ0v) is 16.2. The summed E-state index contributed by atoms with van der Waals surface area (Å²) in [6.45, 7) is 6.76. The van der Waals surface area contributed by atoms with Crippen LogP contribution in [0.4, 0.5) is 0 Å². The Morgan fingerprint density at radius 3 is 2.76 bits per heavy atom. The molecule has 1 fully saturated rings. The molecule has 0 radical (unpaired) electrons. The van der Waals surface area contributed by atoms with Gasteiger partial charge in [0.1, 0.15) is 0 Å². The first kappa shape index (κ1) is 18.3. The number of carbonyl (C=O) groups is 1. The quantitative estimate of drug-likeness (QED) is 0.738. The highest BCUT2D eigenvalue weighted by molar-refractivity contribution is 7.99. The third kappa shape index (κ3) is 4.36. The fourth-order valence-electron chi connectivity index (χ4n) is 3.13. The highest BCUT2D eigenvalue weighted by atomic mass is 35.5. The molecule has 1 aromatic carbocycles. The SMILES string of the molecule is CCn1c(SCC(=O)N2CCC[C@@H](C)C2)nnc1-c1ccc(Cl)cc1. The summed E-state index contributed by atoms with van der Waals surface area (Å²) in [6.07, 6.45) is 2.31. The van der Waals surface area contributed by atoms with Gasteiger partial charge in [-0.1, -0.05) is 30.3 Å². The van der Waals surface area contributed by atoms with E-state index in [9.17, 15) is 4.79 Å². The van der Waals surface area contributed by atoms with E-state index in [1.54, 1.807) is 0 Å². The van der Waals surface area contributed by atoms with E-state index in [1.807, 2.05) is 33.7 Å². The minimum atomic E-state index is 0.190. The van der Waals surface area contributed by atoms with Gasteiger partial charge in [0, 0.05) is 30.2 Å². The maximum absolute atomic E-state index is 12.5. The number of hydrogen-bond donors (Lipinski definition) is 0. The van der Waals surface area contributed by atoms with Crippen LogP contribution in [0, 0.1) is 5.92 Å². The molecule has 0 bridgehead atoms. The average Bonchev–Trinajstić information content (AvgIpc) is 3.03. The number of carbonyl (C=O) groups excluding carboxylic acids is 1. The zero-order valence-electron chi connectivity index (χ0n) is 14.6. The zero-order chi connectivity index (χ0) is 17.8. The molecule has 0 aliphatic carbocycles. The third-order valence-corrected chi connectivity index (χ3v) is 5.67. The molecule has 1 saturated heterocycles. The number of nitrogens with zero attached hydrogens (tertiary/aromatic N) is 4. The van der Waals surface area contributed by atoms with Crippen LogP contribution in [0.25, 0.3) is 11.4 Å². The maximum atomic E-state index is 12.5. The van der Waals surface area contributed by atoms with Gasteiger partial charge in [0.05, 0.1) is 5.75 Å². The molecule has 2 heterocycles. The number of hydrogen-bond acceptors (Lipinski definition) is 4. The first-order valence-electron chi connectivity index (χ1n) is 8.68. The second kappa shape index (κ2) is 8.23. The summed E-state index contributed by atoms with van der Waals surface area (Å²) in [7, 11) is 0. The minimum Gasteiger partial charge on any atom is -0.342 e. The molecule has 1 amide bonds. The average molecular weight is 379 g/mol. The summed E-state index contributed by atoms with van der Waals surface area (Å²) in [4.78, 5) is 14.4. The number of likely N-dealkylation sites (tertiary alicyclic amines) is 1. The molecule has 25 heavy (non-hydrogen) atoms. The molecule has 0 spiro atoms. The molecular weight excluding hydrogens is 356 g/mol. The van der Waals surface area contributed by atoms with Gasteiger partial charge in [-0.3, -0.25) is 4.79 Å². The normalized spacial score (nSPS) is 17.7. The lowest BCUT2D eigenvalue weighted by molar-refractivity contribution is -0.130. The van der Waals surface area contributed by atoms with Gasteiger partial charge < -0.3 is 9.47 Å². The van der Waals surface area contributed by atoms with E-state index in [2.05, 4.69) is 24.0 Å². The van der Waals surface area contributed by atoms with Gasteiger partial charge in [0.25, 0.3) is 0 Å². The third-order valence-electron chi connectivity index (χ3n) is 4.47. The van der Waals surface area contributed by atoms with Crippen molar-refractivity contribution in [1.82, 2.24) is 19.7 Å². The molecule has 1 aliphatic heterocycles. The molecule has 1 aliphatic rings. The molecule has 134 valence electrons. The van der Waals surface area contributed by atoms with Gasteiger partial charge in [-0.05, 0) is 49.9 Å². The molecule has 1 aromatic heterocycles. The van der Waals surface area contributed by atoms with Crippen LogP contribution in [-0.2, 0) is 11.3 Å². The molecule has 5 nitrogen and oxygen atoms in total. The van der Waals surface area contributed by atoms with E-state index >= 15 is 0 Å². The van der Waals surface area contributed by atoms with Crippen LogP contribution in [0.2, 0.25) is 5.02 Å². The second-order valence-electron chi connectivity index (χ2n) is 6.43. The van der Waals surface area contributed by atoms with Gasteiger partial charge in [-0.15, -0.1) is 10.2 Å². The van der Waals surface area contributed by atoms with Gasteiger partial charge in [-0.2, -0.15) is 0 Å². The Hall–Kier alpha value is -1.53. The summed E-state index contributed by atoms with van der Waals surface area (Å²) in [5, 5.41) is 10.1. The minimum absolute atomic E-state index is 0.190. The summed E-state index contributed by atoms with van der Waals surface area (Å²) in [6, 6.07) is 7.57. The Labute approximate surface area is 157 Å². The van der Waals surface area contributed by atoms with Crippen molar-refractivity contribution in [3.63, 3.8) is 0 Å². The van der Waals surface area contributed by atoms with Gasteiger partial charge >= 0.3 is 0 Å². The molecule has 3 rings (SSSR count). The van der Waals surface area contributed by atoms with Gasteiger partial charge in [0.2, 0.25) is 5.91 Å². The van der Waals surface area contributed by atoms with Crippen LogP contribution in [0.15, 0.2) is 29.4 Å². The first-order valence-corrected chi connectivity index (χ1v) is 10.0. The Kier molecular flexibility index (Phi) is 6.02. The number of piperidine rings is 1. The summed E-state index contributed by atoms with van der Waals surface area (Å²) in [5.41, 5.74) is 0.974. The highest BCUT2D eigenvalue weighted by Gasteiger charge is 2.22. The van der Waals surface area contributed by atoms with Crippen molar-refractivity contribution in [1.29, 1.82) is 0 Å². The number of halogens is 1. The molecule has 2 aromatic rings. The predicted molar refractivity (Wildman–Crippen MR) is 102 cm³/mol. The van der Waals surface area contributed by atoms with Gasteiger partial charge in [-0.25, -0.2) is 0 Å². The fraction of sp³-hybridized carbons (Fsp3) is 0.500. The maximum Gasteiger partial charge on any atom is 0.233 e. The van der Waals surface area contributed by atoms with Crippen molar-refractivity contribution in [3.05, 3.63) is 29.3 Å². The molecule has 0 N–H and O–H groups in total. The Balaban J connectivity index is 1.68. The van der Waals surface area contributed by atoms with Crippen molar-refractivity contribution in [2.24, 2.45) is 5.92 Å². The number of benzene rings is 1. The van der Waals surface area contributed by atoms with Crippen LogP contribution < -0.4 is 0 Å². The Morgan fingerprint density at radius 2 is 2.08 bits per heavy atom. The molecule has 0 unspecified atom stereocenters. The van der Waals surface area contributed by atoms with Crippen LogP contribution in [0.1, 0.15) is 26.7 Å². The van der Waals surface area contributed by atoms with E-state index in [-0.39, 0.29) is 5.91 Å². The number of thioether (sulfide) groups is 1. The standard InChI is InChI=1S/C18H23ClN4OS/c1-3-23-17(14-6-8-15(19)9-7-14)20-21-18(23)25-12-16(24)22-10-4-5-13(2)11-22/h6-9,13H,3-5,10-12H2,1-2H3/t13-/m1/s1. The molecule has 0 saturated carbocycles. The Bertz CT molecular complexity index is 731. The number of rotatable bonds is 5. The van der Waals surface area contributed by atoms with E-state index < -0.39 is 0 Å². The van der Waals surface area contributed by atoms with E-state index in [1.165, 1.54) is 18.2 Å². The monoisotopic (exact) mass is 378 g/mol. The molecule has 7 heteroatoms. The summed E-state index contributed by atoms with van der Waals surface area (Å²) in [5.74, 6) is 2.00. The van der Waals surface area contributed by atoms with Crippen LogP contribution in [-0.4, -0.2) is 44.4 Å². The van der Waals surface area contributed by atoms with Crippen LogP contribution in [0.5, 0.6) is 0 Å². The smallest absolute Gasteiger partial charge is 0.233 e. The fourth-order valence-corrected chi connectivity index (χ4v) is 4.16. The van der Waals surface area contributed by atoms with Gasteiger partial charge in [0.15, 0.2) is 11.0 Å². The van der Waals surface area contributed by atoms with E-state index in [0.717, 1.165) is 42.6 Å². The number of amides is 1.